The van der Waals surface area contributed by atoms with E-state index in [4.69, 9.17) is 0 Å². The van der Waals surface area contributed by atoms with Crippen molar-refractivity contribution >= 4 is 45.5 Å². The van der Waals surface area contributed by atoms with Crippen LogP contribution in [-0.4, -0.2) is 70.4 Å². The lowest BCUT2D eigenvalue weighted by Crippen LogP contribution is -2.49. The normalized spacial score (nSPS) is 16.2. The molecule has 2 aliphatic heterocycles. The molecular weight excluding hydrogens is 434 g/mol. The lowest BCUT2D eigenvalue weighted by atomic mass is 10.1. The summed E-state index contributed by atoms with van der Waals surface area (Å²) in [4.78, 5) is 43.8. The van der Waals surface area contributed by atoms with Gasteiger partial charge in [-0.1, -0.05) is 29.5 Å². The summed E-state index contributed by atoms with van der Waals surface area (Å²) in [6.07, 6.45) is 0.132. The second-order valence-electron chi connectivity index (χ2n) is 7.29. The fraction of sp³-hybridized carbons (Fsp3) is 0.286. The van der Waals surface area contributed by atoms with Crippen LogP contribution in [0.15, 0.2) is 41.8 Å². The number of hydrogen-bond donors (Lipinski definition) is 0. The van der Waals surface area contributed by atoms with Gasteiger partial charge < -0.3 is 9.80 Å². The van der Waals surface area contributed by atoms with Crippen molar-refractivity contribution in [3.8, 4) is 9.88 Å². The van der Waals surface area contributed by atoms with E-state index in [1.807, 2.05) is 17.5 Å². The number of anilines is 1. The molecule has 5 rings (SSSR count). The Morgan fingerprint density at radius 3 is 2.29 bits per heavy atom. The van der Waals surface area contributed by atoms with Gasteiger partial charge in [-0.05, 0) is 23.6 Å². The van der Waals surface area contributed by atoms with Gasteiger partial charge in [-0.2, -0.15) is 0 Å². The van der Waals surface area contributed by atoms with Crippen LogP contribution in [0.3, 0.4) is 0 Å². The van der Waals surface area contributed by atoms with Gasteiger partial charge in [-0.3, -0.25) is 19.3 Å². The molecule has 0 N–H and O–H groups in total. The van der Waals surface area contributed by atoms with Crippen LogP contribution >= 0.6 is 22.7 Å². The number of amides is 3. The predicted molar refractivity (Wildman–Crippen MR) is 118 cm³/mol. The van der Waals surface area contributed by atoms with Crippen molar-refractivity contribution in [1.29, 1.82) is 0 Å². The van der Waals surface area contributed by atoms with Gasteiger partial charge in [0, 0.05) is 39.1 Å². The van der Waals surface area contributed by atoms with Crippen LogP contribution in [0.4, 0.5) is 5.13 Å². The highest BCUT2D eigenvalue weighted by Gasteiger charge is 2.35. The average Bonchev–Trinajstić information content (AvgIpc) is 3.54. The molecule has 0 atom stereocenters. The van der Waals surface area contributed by atoms with Crippen molar-refractivity contribution in [2.45, 2.75) is 6.42 Å². The number of imide groups is 1. The van der Waals surface area contributed by atoms with Crippen molar-refractivity contribution in [3.05, 3.63) is 52.9 Å². The van der Waals surface area contributed by atoms with E-state index in [9.17, 15) is 14.4 Å². The van der Waals surface area contributed by atoms with E-state index in [0.29, 0.717) is 37.3 Å². The van der Waals surface area contributed by atoms with Gasteiger partial charge in [0.2, 0.25) is 11.0 Å². The monoisotopic (exact) mass is 453 g/mol. The van der Waals surface area contributed by atoms with Gasteiger partial charge in [0.15, 0.2) is 5.01 Å². The first-order chi connectivity index (χ1) is 15.1. The Hall–Kier alpha value is -3.11. The minimum atomic E-state index is -0.323. The molecule has 0 saturated carbocycles. The molecule has 1 fully saturated rings. The molecule has 0 bridgehead atoms. The molecule has 0 aliphatic carbocycles. The van der Waals surface area contributed by atoms with Gasteiger partial charge in [-0.25, -0.2) is 0 Å². The Kier molecular flexibility index (Phi) is 5.24. The smallest absolute Gasteiger partial charge is 0.261 e. The molecule has 1 saturated heterocycles. The molecule has 10 heteroatoms. The Morgan fingerprint density at radius 2 is 1.65 bits per heavy atom. The molecular formula is C21H19N5O3S2. The molecule has 3 aromatic rings. The van der Waals surface area contributed by atoms with Crippen molar-refractivity contribution < 1.29 is 14.4 Å². The van der Waals surface area contributed by atoms with Gasteiger partial charge in [0.05, 0.1) is 16.0 Å². The molecule has 158 valence electrons. The molecule has 2 aromatic heterocycles. The molecule has 0 spiro atoms. The molecule has 2 aliphatic rings. The third kappa shape index (κ3) is 3.72. The van der Waals surface area contributed by atoms with E-state index in [1.165, 1.54) is 4.90 Å². The highest BCUT2D eigenvalue weighted by atomic mass is 32.1. The van der Waals surface area contributed by atoms with Gasteiger partial charge in [0.1, 0.15) is 0 Å². The number of piperazine rings is 1. The number of rotatable bonds is 5. The van der Waals surface area contributed by atoms with Crippen LogP contribution in [0.5, 0.6) is 0 Å². The summed E-state index contributed by atoms with van der Waals surface area (Å²) in [5, 5.41) is 12.4. The van der Waals surface area contributed by atoms with Crippen LogP contribution in [0.25, 0.3) is 9.88 Å². The quantitative estimate of drug-likeness (QED) is 0.552. The number of nitrogens with zero attached hydrogens (tertiary/aromatic N) is 5. The number of hydrogen-bond acceptors (Lipinski definition) is 8. The molecule has 3 amide bonds. The predicted octanol–water partition coefficient (Wildman–Crippen LogP) is 2.60. The van der Waals surface area contributed by atoms with Gasteiger partial charge in [0.25, 0.3) is 11.8 Å². The maximum atomic E-state index is 12.7. The van der Waals surface area contributed by atoms with Crippen molar-refractivity contribution in [1.82, 2.24) is 20.0 Å². The average molecular weight is 454 g/mol. The first-order valence-electron chi connectivity index (χ1n) is 9.97. The first kappa shape index (κ1) is 19.8. The lowest BCUT2D eigenvalue weighted by Gasteiger charge is -2.34. The fourth-order valence-electron chi connectivity index (χ4n) is 3.80. The third-order valence-electron chi connectivity index (χ3n) is 5.48. The van der Waals surface area contributed by atoms with Crippen LogP contribution in [0.2, 0.25) is 0 Å². The Morgan fingerprint density at radius 1 is 0.935 bits per heavy atom. The number of carbonyl (C=O) groups is 3. The van der Waals surface area contributed by atoms with Crippen LogP contribution in [0, 0.1) is 0 Å². The summed E-state index contributed by atoms with van der Waals surface area (Å²) in [6.45, 7) is 2.62. The second-order valence-corrected chi connectivity index (χ2v) is 9.20. The number of fused-ring (bicyclic) bond motifs is 1. The second kappa shape index (κ2) is 8.20. The maximum absolute atomic E-state index is 12.7. The maximum Gasteiger partial charge on any atom is 0.261 e. The summed E-state index contributed by atoms with van der Waals surface area (Å²) in [7, 11) is 0. The Balaban J connectivity index is 1.14. The van der Waals surface area contributed by atoms with E-state index in [2.05, 4.69) is 15.1 Å². The number of aromatic nitrogens is 2. The van der Waals surface area contributed by atoms with E-state index in [-0.39, 0.29) is 30.7 Å². The van der Waals surface area contributed by atoms with Crippen LogP contribution in [0.1, 0.15) is 27.1 Å². The minimum Gasteiger partial charge on any atom is -0.343 e. The summed E-state index contributed by atoms with van der Waals surface area (Å²) in [5.74, 6) is -0.695. The highest BCUT2D eigenvalue weighted by Crippen LogP contribution is 2.32. The third-order valence-corrected chi connectivity index (χ3v) is 7.50. The molecule has 4 heterocycles. The molecule has 0 radical (unpaired) electrons. The highest BCUT2D eigenvalue weighted by molar-refractivity contribution is 7.22. The van der Waals surface area contributed by atoms with Gasteiger partial charge in [-0.15, -0.1) is 21.5 Å². The standard InChI is InChI=1S/C21H19N5O3S2/c27-17(7-8-26-19(28)14-4-1-2-5-15(14)20(26)29)24-9-11-25(12-10-24)21-23-22-18(31-21)16-6-3-13-30-16/h1-6,13H,7-12H2. The fourth-order valence-corrected chi connectivity index (χ4v) is 5.49. The van der Waals surface area contributed by atoms with E-state index in [1.54, 1.807) is 51.8 Å². The molecule has 31 heavy (non-hydrogen) atoms. The number of carbonyl (C=O) groups excluding carboxylic acids is 3. The zero-order valence-electron chi connectivity index (χ0n) is 16.6. The SMILES string of the molecule is O=C(CCN1C(=O)c2ccccc2C1=O)N1CCN(c2nnc(-c3cccs3)s2)CC1. The van der Waals surface area contributed by atoms with Gasteiger partial charge >= 0.3 is 0 Å². The lowest BCUT2D eigenvalue weighted by molar-refractivity contribution is -0.131. The van der Waals surface area contributed by atoms with E-state index in [0.717, 1.165) is 15.0 Å². The topological polar surface area (TPSA) is 86.7 Å². The van der Waals surface area contributed by atoms with Crippen LogP contribution in [-0.2, 0) is 4.79 Å². The van der Waals surface area contributed by atoms with E-state index >= 15 is 0 Å². The zero-order valence-corrected chi connectivity index (χ0v) is 18.2. The largest absolute Gasteiger partial charge is 0.343 e. The Labute approximate surface area is 186 Å². The van der Waals surface area contributed by atoms with Crippen molar-refractivity contribution in [3.63, 3.8) is 0 Å². The summed E-state index contributed by atoms with van der Waals surface area (Å²) in [5.41, 5.74) is 0.820. The molecule has 0 unspecified atom stereocenters. The zero-order chi connectivity index (χ0) is 21.4. The Bertz CT molecular complexity index is 1100. The van der Waals surface area contributed by atoms with Crippen molar-refractivity contribution in [2.75, 3.05) is 37.6 Å². The van der Waals surface area contributed by atoms with Crippen LogP contribution < -0.4 is 4.90 Å². The number of benzene rings is 1. The number of thiophene rings is 1. The molecule has 8 nitrogen and oxygen atoms in total. The molecule has 1 aromatic carbocycles. The first-order valence-corrected chi connectivity index (χ1v) is 11.7. The minimum absolute atomic E-state index is 0.0484. The summed E-state index contributed by atoms with van der Waals surface area (Å²) >= 11 is 3.19. The van der Waals surface area contributed by atoms with Crippen molar-refractivity contribution in [2.24, 2.45) is 0 Å². The summed E-state index contributed by atoms with van der Waals surface area (Å²) < 4.78 is 0. The summed E-state index contributed by atoms with van der Waals surface area (Å²) in [6, 6.07) is 10.8. The van der Waals surface area contributed by atoms with E-state index < -0.39 is 0 Å².